The standard InChI is InChI=1S/C14H21N/c1-10-7-11(2)12(3)14(8-10)13-5-4-6-15-9-13/h7-8,13,15H,4-6,9H2,1-3H3. The highest BCUT2D eigenvalue weighted by Crippen LogP contribution is 2.28. The van der Waals surface area contributed by atoms with Crippen molar-refractivity contribution in [2.75, 3.05) is 13.1 Å². The Balaban J connectivity index is 2.33. The van der Waals surface area contributed by atoms with Crippen LogP contribution in [0.3, 0.4) is 0 Å². The number of benzene rings is 1. The van der Waals surface area contributed by atoms with Gasteiger partial charge in [-0.3, -0.25) is 0 Å². The van der Waals surface area contributed by atoms with Gasteiger partial charge in [-0.05, 0) is 62.8 Å². The van der Waals surface area contributed by atoms with Crippen LogP contribution in [0.4, 0.5) is 0 Å². The van der Waals surface area contributed by atoms with Crippen LogP contribution in [-0.4, -0.2) is 13.1 Å². The van der Waals surface area contributed by atoms with Crippen molar-refractivity contribution in [2.45, 2.75) is 39.5 Å². The molecule has 1 aromatic carbocycles. The molecule has 1 heterocycles. The van der Waals surface area contributed by atoms with E-state index in [9.17, 15) is 0 Å². The second-order valence-corrected chi connectivity index (χ2v) is 4.84. The maximum atomic E-state index is 3.50. The second-order valence-electron chi connectivity index (χ2n) is 4.84. The van der Waals surface area contributed by atoms with E-state index in [0.29, 0.717) is 0 Å². The van der Waals surface area contributed by atoms with Crippen LogP contribution in [0.2, 0.25) is 0 Å². The summed E-state index contributed by atoms with van der Waals surface area (Å²) in [5.41, 5.74) is 5.91. The number of aryl methyl sites for hydroxylation is 2. The molecule has 1 fully saturated rings. The summed E-state index contributed by atoms with van der Waals surface area (Å²) in [6.07, 6.45) is 2.66. The minimum atomic E-state index is 0.734. The summed E-state index contributed by atoms with van der Waals surface area (Å²) in [7, 11) is 0. The Morgan fingerprint density at radius 2 is 2.00 bits per heavy atom. The predicted molar refractivity (Wildman–Crippen MR) is 65.5 cm³/mol. The van der Waals surface area contributed by atoms with Gasteiger partial charge in [-0.1, -0.05) is 17.7 Å². The quantitative estimate of drug-likeness (QED) is 0.739. The second kappa shape index (κ2) is 4.36. The summed E-state index contributed by atoms with van der Waals surface area (Å²) in [6, 6.07) is 4.66. The normalized spacial score (nSPS) is 21.7. The molecule has 1 atom stereocenters. The van der Waals surface area contributed by atoms with E-state index in [0.717, 1.165) is 12.5 Å². The van der Waals surface area contributed by atoms with Crippen molar-refractivity contribution in [3.63, 3.8) is 0 Å². The molecule has 0 spiro atoms. The number of hydrogen-bond donors (Lipinski definition) is 1. The molecule has 1 aliphatic heterocycles. The first-order chi connectivity index (χ1) is 7.18. The molecule has 1 nitrogen and oxygen atoms in total. The lowest BCUT2D eigenvalue weighted by Crippen LogP contribution is -2.28. The molecular formula is C14H21N. The Kier molecular flexibility index (Phi) is 3.11. The van der Waals surface area contributed by atoms with Gasteiger partial charge < -0.3 is 5.32 Å². The molecule has 1 heteroatoms. The highest BCUT2D eigenvalue weighted by molar-refractivity contribution is 5.39. The first-order valence-electron chi connectivity index (χ1n) is 5.97. The minimum Gasteiger partial charge on any atom is -0.316 e. The van der Waals surface area contributed by atoms with Crippen molar-refractivity contribution in [2.24, 2.45) is 0 Å². The fourth-order valence-corrected chi connectivity index (χ4v) is 2.61. The van der Waals surface area contributed by atoms with Gasteiger partial charge in [-0.25, -0.2) is 0 Å². The van der Waals surface area contributed by atoms with E-state index in [4.69, 9.17) is 0 Å². The van der Waals surface area contributed by atoms with Crippen LogP contribution in [-0.2, 0) is 0 Å². The Hall–Kier alpha value is -0.820. The topological polar surface area (TPSA) is 12.0 Å². The van der Waals surface area contributed by atoms with E-state index in [-0.39, 0.29) is 0 Å². The van der Waals surface area contributed by atoms with E-state index in [1.54, 1.807) is 5.56 Å². The average molecular weight is 203 g/mol. The van der Waals surface area contributed by atoms with E-state index in [2.05, 4.69) is 38.2 Å². The molecule has 1 aromatic rings. The monoisotopic (exact) mass is 203 g/mol. The van der Waals surface area contributed by atoms with E-state index in [1.807, 2.05) is 0 Å². The molecule has 0 aliphatic carbocycles. The zero-order chi connectivity index (χ0) is 10.8. The fourth-order valence-electron chi connectivity index (χ4n) is 2.61. The molecule has 0 radical (unpaired) electrons. The maximum Gasteiger partial charge on any atom is 0.00202 e. The van der Waals surface area contributed by atoms with Crippen LogP contribution in [0.25, 0.3) is 0 Å². The van der Waals surface area contributed by atoms with Gasteiger partial charge in [0.15, 0.2) is 0 Å². The number of hydrogen-bond acceptors (Lipinski definition) is 1. The highest BCUT2D eigenvalue weighted by Gasteiger charge is 2.17. The third-order valence-corrected chi connectivity index (χ3v) is 3.59. The number of rotatable bonds is 1. The van der Waals surface area contributed by atoms with Crippen LogP contribution in [0.5, 0.6) is 0 Å². The molecular weight excluding hydrogens is 182 g/mol. The summed E-state index contributed by atoms with van der Waals surface area (Å²) in [4.78, 5) is 0. The molecule has 15 heavy (non-hydrogen) atoms. The molecule has 0 saturated carbocycles. The summed E-state index contributed by atoms with van der Waals surface area (Å²) < 4.78 is 0. The van der Waals surface area contributed by atoms with Crippen molar-refractivity contribution >= 4 is 0 Å². The van der Waals surface area contributed by atoms with Gasteiger partial charge >= 0.3 is 0 Å². The average Bonchev–Trinajstić information content (AvgIpc) is 2.24. The zero-order valence-corrected chi connectivity index (χ0v) is 10.1. The van der Waals surface area contributed by atoms with Gasteiger partial charge in [-0.15, -0.1) is 0 Å². The molecule has 0 amide bonds. The SMILES string of the molecule is Cc1cc(C)c(C)c(C2CCCNC2)c1. The first-order valence-corrected chi connectivity index (χ1v) is 5.97. The molecule has 82 valence electrons. The summed E-state index contributed by atoms with van der Waals surface area (Å²) >= 11 is 0. The third kappa shape index (κ3) is 2.23. The Bertz CT molecular complexity index is 349. The van der Waals surface area contributed by atoms with Crippen molar-refractivity contribution < 1.29 is 0 Å². The zero-order valence-electron chi connectivity index (χ0n) is 10.1. The van der Waals surface area contributed by atoms with Crippen molar-refractivity contribution in [3.8, 4) is 0 Å². The molecule has 0 bridgehead atoms. The summed E-state index contributed by atoms with van der Waals surface area (Å²) in [6.45, 7) is 9.04. The van der Waals surface area contributed by atoms with Crippen molar-refractivity contribution in [3.05, 3.63) is 34.4 Å². The fraction of sp³-hybridized carbons (Fsp3) is 0.571. The third-order valence-electron chi connectivity index (χ3n) is 3.59. The highest BCUT2D eigenvalue weighted by atomic mass is 14.9. The Morgan fingerprint density at radius 1 is 1.20 bits per heavy atom. The molecule has 1 aliphatic rings. The van der Waals surface area contributed by atoms with Crippen LogP contribution in [0.15, 0.2) is 12.1 Å². The van der Waals surface area contributed by atoms with Crippen LogP contribution < -0.4 is 5.32 Å². The lowest BCUT2D eigenvalue weighted by molar-refractivity contribution is 0.460. The summed E-state index contributed by atoms with van der Waals surface area (Å²) in [5.74, 6) is 0.734. The number of piperidine rings is 1. The minimum absolute atomic E-state index is 0.734. The van der Waals surface area contributed by atoms with E-state index >= 15 is 0 Å². The summed E-state index contributed by atoms with van der Waals surface area (Å²) in [5, 5.41) is 3.50. The molecule has 1 saturated heterocycles. The molecule has 0 aromatic heterocycles. The van der Waals surface area contributed by atoms with E-state index < -0.39 is 0 Å². The van der Waals surface area contributed by atoms with Crippen molar-refractivity contribution in [1.82, 2.24) is 5.32 Å². The van der Waals surface area contributed by atoms with Crippen LogP contribution >= 0.6 is 0 Å². The van der Waals surface area contributed by atoms with Gasteiger partial charge in [0.05, 0.1) is 0 Å². The first kappa shape index (κ1) is 10.7. The molecule has 1 unspecified atom stereocenters. The largest absolute Gasteiger partial charge is 0.316 e. The van der Waals surface area contributed by atoms with Crippen molar-refractivity contribution in [1.29, 1.82) is 0 Å². The van der Waals surface area contributed by atoms with Gasteiger partial charge in [0.2, 0.25) is 0 Å². The Labute approximate surface area is 92.9 Å². The van der Waals surface area contributed by atoms with Gasteiger partial charge in [0, 0.05) is 6.54 Å². The lowest BCUT2D eigenvalue weighted by atomic mass is 9.86. The van der Waals surface area contributed by atoms with Gasteiger partial charge in [0.1, 0.15) is 0 Å². The maximum absolute atomic E-state index is 3.50. The van der Waals surface area contributed by atoms with Gasteiger partial charge in [-0.2, -0.15) is 0 Å². The van der Waals surface area contributed by atoms with Gasteiger partial charge in [0.25, 0.3) is 0 Å². The molecule has 2 rings (SSSR count). The van der Waals surface area contributed by atoms with Crippen LogP contribution in [0, 0.1) is 20.8 Å². The Morgan fingerprint density at radius 3 is 2.67 bits per heavy atom. The lowest BCUT2D eigenvalue weighted by Gasteiger charge is -2.25. The molecule has 1 N–H and O–H groups in total. The predicted octanol–water partition coefficient (Wildman–Crippen LogP) is 3.08. The number of nitrogens with one attached hydrogen (secondary N) is 1. The van der Waals surface area contributed by atoms with Crippen LogP contribution in [0.1, 0.15) is 41.0 Å². The van der Waals surface area contributed by atoms with E-state index in [1.165, 1.54) is 36.1 Å². The smallest absolute Gasteiger partial charge is 0.00202 e.